The van der Waals surface area contributed by atoms with Gasteiger partial charge in [0.05, 0.1) is 13.6 Å². The van der Waals surface area contributed by atoms with Crippen molar-refractivity contribution in [1.82, 2.24) is 10.6 Å². The molecule has 106 valence electrons. The molecule has 0 amide bonds. The van der Waals surface area contributed by atoms with Gasteiger partial charge in [-0.05, 0) is 12.2 Å². The molecule has 3 N–H and O–H groups in total. The minimum absolute atomic E-state index is 0.174. The van der Waals surface area contributed by atoms with Crippen molar-refractivity contribution >= 4 is 34.5 Å². The zero-order valence-electron chi connectivity index (χ0n) is 11.8. The SMILES string of the molecule is C[C@@H]1[C@H](c2ccccc2)[NH+](C)CC[C@]12NC(=S)NC2=S. The lowest BCUT2D eigenvalue weighted by atomic mass is 9.72. The summed E-state index contributed by atoms with van der Waals surface area (Å²) in [4.78, 5) is 2.40. The van der Waals surface area contributed by atoms with Crippen LogP contribution in [0.2, 0.25) is 0 Å². The molecule has 0 aromatic heterocycles. The zero-order valence-corrected chi connectivity index (χ0v) is 13.4. The Balaban J connectivity index is 1.99. The highest BCUT2D eigenvalue weighted by molar-refractivity contribution is 7.82. The van der Waals surface area contributed by atoms with E-state index >= 15 is 0 Å². The van der Waals surface area contributed by atoms with Crippen LogP contribution >= 0.6 is 24.4 Å². The van der Waals surface area contributed by atoms with Crippen molar-refractivity contribution in [2.24, 2.45) is 5.92 Å². The van der Waals surface area contributed by atoms with Gasteiger partial charge in [0, 0.05) is 17.9 Å². The standard InChI is InChI=1S/C15H19N3S2/c1-10-12(11-6-4-3-5-7-11)18(2)9-8-15(10)13(19)16-14(20)17-15/h3-7,10,12H,8-9H2,1-2H3,(H2,16,17,19,20)/p+1/t10-,12-,15+/m1/s1. The Morgan fingerprint density at radius 1 is 1.25 bits per heavy atom. The molecule has 0 radical (unpaired) electrons. The van der Waals surface area contributed by atoms with Crippen LogP contribution in [0.4, 0.5) is 0 Å². The molecule has 2 heterocycles. The van der Waals surface area contributed by atoms with Crippen LogP contribution in [0, 0.1) is 5.92 Å². The van der Waals surface area contributed by atoms with Gasteiger partial charge in [-0.3, -0.25) is 0 Å². The van der Waals surface area contributed by atoms with Gasteiger partial charge in [0.25, 0.3) is 0 Å². The van der Waals surface area contributed by atoms with E-state index in [1.54, 1.807) is 0 Å². The Kier molecular flexibility index (Phi) is 3.52. The number of hydrogen-bond acceptors (Lipinski definition) is 2. The summed E-state index contributed by atoms with van der Waals surface area (Å²) in [6, 6.07) is 11.1. The molecule has 1 aromatic carbocycles. The first-order valence-electron chi connectivity index (χ1n) is 7.05. The van der Waals surface area contributed by atoms with Gasteiger partial charge in [0.15, 0.2) is 5.11 Å². The first-order valence-corrected chi connectivity index (χ1v) is 7.87. The monoisotopic (exact) mass is 306 g/mol. The summed E-state index contributed by atoms with van der Waals surface area (Å²) in [5.74, 6) is 0.388. The molecule has 2 aliphatic rings. The number of thiocarbonyl (C=S) groups is 2. The van der Waals surface area contributed by atoms with Crippen molar-refractivity contribution in [2.45, 2.75) is 24.9 Å². The van der Waals surface area contributed by atoms with Crippen LogP contribution in [0.5, 0.6) is 0 Å². The highest BCUT2D eigenvalue weighted by Gasteiger charge is 2.54. The molecule has 3 nitrogen and oxygen atoms in total. The van der Waals surface area contributed by atoms with Crippen molar-refractivity contribution in [2.75, 3.05) is 13.6 Å². The first-order chi connectivity index (χ1) is 9.54. The van der Waals surface area contributed by atoms with E-state index < -0.39 is 0 Å². The average Bonchev–Trinajstić information content (AvgIpc) is 2.72. The molecule has 2 fully saturated rings. The average molecular weight is 306 g/mol. The molecule has 5 heteroatoms. The number of hydrogen-bond donors (Lipinski definition) is 3. The molecule has 2 saturated heterocycles. The third kappa shape index (κ3) is 2.05. The third-order valence-electron chi connectivity index (χ3n) is 4.85. The molecule has 1 unspecified atom stereocenters. The van der Waals surface area contributed by atoms with E-state index in [1.165, 1.54) is 10.5 Å². The van der Waals surface area contributed by atoms with Gasteiger partial charge in [-0.25, -0.2) is 0 Å². The number of quaternary nitrogens is 1. The van der Waals surface area contributed by atoms with Gasteiger partial charge in [0.1, 0.15) is 16.6 Å². The molecule has 20 heavy (non-hydrogen) atoms. The molecule has 0 aliphatic carbocycles. The van der Waals surface area contributed by atoms with Crippen LogP contribution in [0.15, 0.2) is 30.3 Å². The van der Waals surface area contributed by atoms with Crippen LogP contribution in [-0.2, 0) is 0 Å². The summed E-state index contributed by atoms with van der Waals surface area (Å²) >= 11 is 10.8. The molecule has 0 saturated carbocycles. The minimum Gasteiger partial charge on any atom is -0.350 e. The number of rotatable bonds is 1. The maximum Gasteiger partial charge on any atom is 0.172 e. The zero-order chi connectivity index (χ0) is 14.3. The molecule has 4 atom stereocenters. The van der Waals surface area contributed by atoms with Gasteiger partial charge < -0.3 is 15.5 Å². The molecule has 1 spiro atoms. The van der Waals surface area contributed by atoms with Crippen LogP contribution in [0.3, 0.4) is 0 Å². The number of likely N-dealkylation sites (tertiary alicyclic amines) is 1. The van der Waals surface area contributed by atoms with Crippen molar-refractivity contribution in [3.05, 3.63) is 35.9 Å². The fraction of sp³-hybridized carbons (Fsp3) is 0.467. The summed E-state index contributed by atoms with van der Waals surface area (Å²) in [6.07, 6.45) is 1.02. The maximum atomic E-state index is 5.58. The Morgan fingerprint density at radius 3 is 2.55 bits per heavy atom. The second kappa shape index (κ2) is 5.06. The summed E-state index contributed by atoms with van der Waals surface area (Å²) in [5, 5.41) is 7.27. The van der Waals surface area contributed by atoms with Crippen LogP contribution in [-0.4, -0.2) is 29.2 Å². The predicted octanol–water partition coefficient (Wildman–Crippen LogP) is 0.826. The van der Waals surface area contributed by atoms with Gasteiger partial charge >= 0.3 is 0 Å². The maximum absolute atomic E-state index is 5.58. The Labute approximate surface area is 130 Å². The van der Waals surface area contributed by atoms with E-state index in [-0.39, 0.29) is 5.54 Å². The number of nitrogens with one attached hydrogen (secondary N) is 3. The van der Waals surface area contributed by atoms with Crippen molar-refractivity contribution in [3.8, 4) is 0 Å². The topological polar surface area (TPSA) is 28.5 Å². The van der Waals surface area contributed by atoms with Crippen LogP contribution in [0.25, 0.3) is 0 Å². The van der Waals surface area contributed by atoms with E-state index in [0.29, 0.717) is 17.1 Å². The van der Waals surface area contributed by atoms with E-state index in [4.69, 9.17) is 24.4 Å². The minimum atomic E-state index is -0.174. The summed E-state index contributed by atoms with van der Waals surface area (Å²) in [6.45, 7) is 3.37. The lowest BCUT2D eigenvalue weighted by Gasteiger charge is -2.45. The van der Waals surface area contributed by atoms with E-state index in [0.717, 1.165) is 18.0 Å². The number of piperidine rings is 1. The smallest absolute Gasteiger partial charge is 0.172 e. The molecular weight excluding hydrogens is 286 g/mol. The molecule has 0 bridgehead atoms. The summed E-state index contributed by atoms with van der Waals surface area (Å²) in [5.41, 5.74) is 1.20. The third-order valence-corrected chi connectivity index (χ3v) is 5.52. The van der Waals surface area contributed by atoms with Crippen LogP contribution < -0.4 is 15.5 Å². The van der Waals surface area contributed by atoms with Crippen molar-refractivity contribution in [3.63, 3.8) is 0 Å². The van der Waals surface area contributed by atoms with E-state index in [9.17, 15) is 0 Å². The molecule has 2 aliphatic heterocycles. The molecule has 3 rings (SSSR count). The largest absolute Gasteiger partial charge is 0.350 e. The highest BCUT2D eigenvalue weighted by Crippen LogP contribution is 2.36. The fourth-order valence-electron chi connectivity index (χ4n) is 3.72. The quantitative estimate of drug-likeness (QED) is 0.670. The second-order valence-electron chi connectivity index (χ2n) is 5.90. The van der Waals surface area contributed by atoms with Gasteiger partial charge in [0.2, 0.25) is 0 Å². The summed E-state index contributed by atoms with van der Waals surface area (Å²) < 4.78 is 0. The Hall–Kier alpha value is -1.04. The Morgan fingerprint density at radius 2 is 1.95 bits per heavy atom. The first kappa shape index (κ1) is 13.9. The predicted molar refractivity (Wildman–Crippen MR) is 88.9 cm³/mol. The Bertz CT molecular complexity index is 545. The fourth-order valence-corrected chi connectivity index (χ4v) is 4.51. The second-order valence-corrected chi connectivity index (χ2v) is 6.72. The number of benzene rings is 1. The molecule has 1 aromatic rings. The van der Waals surface area contributed by atoms with Gasteiger partial charge in [-0.1, -0.05) is 49.5 Å². The van der Waals surface area contributed by atoms with Crippen LogP contribution in [0.1, 0.15) is 24.9 Å². The summed E-state index contributed by atoms with van der Waals surface area (Å²) in [7, 11) is 2.27. The lowest BCUT2D eigenvalue weighted by Crippen LogP contribution is -3.12. The van der Waals surface area contributed by atoms with E-state index in [1.807, 2.05) is 0 Å². The van der Waals surface area contributed by atoms with Gasteiger partial charge in [-0.15, -0.1) is 0 Å². The van der Waals surface area contributed by atoms with Gasteiger partial charge in [-0.2, -0.15) is 0 Å². The van der Waals surface area contributed by atoms with Crippen molar-refractivity contribution in [1.29, 1.82) is 0 Å². The molecular formula is C15H20N3S2+. The normalized spacial score (nSPS) is 36.8. The highest BCUT2D eigenvalue weighted by atomic mass is 32.1. The van der Waals surface area contributed by atoms with E-state index in [2.05, 4.69) is 54.9 Å². The lowest BCUT2D eigenvalue weighted by molar-refractivity contribution is -0.923. The van der Waals surface area contributed by atoms with Crippen molar-refractivity contribution < 1.29 is 4.90 Å².